The maximum absolute atomic E-state index is 11.4. The molecule has 0 aliphatic heterocycles. The zero-order valence-corrected chi connectivity index (χ0v) is 11.1. The third-order valence-corrected chi connectivity index (χ3v) is 3.37. The Bertz CT molecular complexity index is 624. The summed E-state index contributed by atoms with van der Waals surface area (Å²) in [5.74, 6) is 0. The number of anilines is 1. The van der Waals surface area contributed by atoms with Crippen molar-refractivity contribution in [3.8, 4) is 11.1 Å². The third-order valence-electron chi connectivity index (χ3n) is 3.01. The van der Waals surface area contributed by atoms with Crippen LogP contribution in [0.25, 0.3) is 11.1 Å². The molecule has 0 fully saturated rings. The molecule has 0 aliphatic rings. The van der Waals surface area contributed by atoms with Crippen molar-refractivity contribution in [2.75, 3.05) is 18.5 Å². The molecule has 0 amide bonds. The molecule has 0 saturated heterocycles. The molecule has 0 saturated carbocycles. The lowest BCUT2D eigenvalue weighted by atomic mass is 10.0. The molecule has 2 aromatic rings. The van der Waals surface area contributed by atoms with Crippen LogP contribution in [0.1, 0.15) is 13.3 Å². The SMILES string of the molecule is CCCN(C)c1ccc(-c2c(Cl)c(=O)c2=O)cc1. The minimum Gasteiger partial charge on any atom is -0.375 e. The summed E-state index contributed by atoms with van der Waals surface area (Å²) >= 11 is 5.75. The molecule has 0 N–H and O–H groups in total. The van der Waals surface area contributed by atoms with E-state index in [9.17, 15) is 9.59 Å². The van der Waals surface area contributed by atoms with Crippen LogP contribution in [-0.4, -0.2) is 13.6 Å². The molecule has 0 unspecified atom stereocenters. The molecule has 0 aliphatic carbocycles. The number of benzene rings is 1. The fourth-order valence-corrected chi connectivity index (χ4v) is 2.25. The molecule has 0 radical (unpaired) electrons. The molecule has 0 atom stereocenters. The Balaban J connectivity index is 2.29. The number of hydrogen-bond acceptors (Lipinski definition) is 3. The third kappa shape index (κ3) is 2.06. The molecule has 3 nitrogen and oxygen atoms in total. The van der Waals surface area contributed by atoms with Gasteiger partial charge in [-0.25, -0.2) is 0 Å². The predicted molar refractivity (Wildman–Crippen MR) is 75.4 cm³/mol. The Morgan fingerprint density at radius 2 is 1.72 bits per heavy atom. The van der Waals surface area contributed by atoms with Gasteiger partial charge in [0.05, 0.1) is 5.56 Å². The summed E-state index contributed by atoms with van der Waals surface area (Å²) in [4.78, 5) is 24.6. The van der Waals surface area contributed by atoms with Gasteiger partial charge >= 0.3 is 0 Å². The highest BCUT2D eigenvalue weighted by Crippen LogP contribution is 2.25. The van der Waals surface area contributed by atoms with Crippen LogP contribution in [0.15, 0.2) is 33.9 Å². The van der Waals surface area contributed by atoms with E-state index in [0.29, 0.717) is 11.1 Å². The van der Waals surface area contributed by atoms with Crippen molar-refractivity contribution in [3.05, 3.63) is 49.7 Å². The highest BCUT2D eigenvalue weighted by Gasteiger charge is 2.20. The highest BCUT2D eigenvalue weighted by molar-refractivity contribution is 6.34. The van der Waals surface area contributed by atoms with Crippen molar-refractivity contribution in [1.82, 2.24) is 0 Å². The van der Waals surface area contributed by atoms with E-state index in [1.165, 1.54) is 0 Å². The maximum atomic E-state index is 11.4. The van der Waals surface area contributed by atoms with Gasteiger partial charge in [0.15, 0.2) is 0 Å². The Labute approximate surface area is 110 Å². The Morgan fingerprint density at radius 3 is 2.22 bits per heavy atom. The van der Waals surface area contributed by atoms with Gasteiger partial charge in [-0.15, -0.1) is 0 Å². The van der Waals surface area contributed by atoms with Gasteiger partial charge in [-0.1, -0.05) is 30.7 Å². The summed E-state index contributed by atoms with van der Waals surface area (Å²) in [5.41, 5.74) is 1.05. The average Bonchev–Trinajstić information content (AvgIpc) is 2.39. The van der Waals surface area contributed by atoms with Crippen LogP contribution in [0.4, 0.5) is 5.69 Å². The zero-order valence-electron chi connectivity index (χ0n) is 10.4. The molecule has 0 spiro atoms. The Morgan fingerprint density at radius 1 is 1.11 bits per heavy atom. The second kappa shape index (κ2) is 4.94. The van der Waals surface area contributed by atoms with Crippen LogP contribution in [0.3, 0.4) is 0 Å². The first-order valence-corrected chi connectivity index (χ1v) is 6.24. The summed E-state index contributed by atoms with van der Waals surface area (Å²) in [6, 6.07) is 7.50. The largest absolute Gasteiger partial charge is 0.375 e. The van der Waals surface area contributed by atoms with Crippen molar-refractivity contribution < 1.29 is 0 Å². The van der Waals surface area contributed by atoms with Crippen molar-refractivity contribution in [2.45, 2.75) is 13.3 Å². The number of nitrogens with zero attached hydrogens (tertiary/aromatic N) is 1. The van der Waals surface area contributed by atoms with Crippen molar-refractivity contribution in [3.63, 3.8) is 0 Å². The lowest BCUT2D eigenvalue weighted by Gasteiger charge is -2.18. The van der Waals surface area contributed by atoms with Crippen LogP contribution in [0, 0.1) is 0 Å². The standard InChI is InChI=1S/C14H14ClNO2/c1-3-8-16(2)10-6-4-9(5-7-10)11-12(15)14(18)13(11)17/h4-7H,3,8H2,1-2H3. The minimum absolute atomic E-state index is 0.0506. The summed E-state index contributed by atoms with van der Waals surface area (Å²) in [5, 5.41) is 0.0506. The van der Waals surface area contributed by atoms with Gasteiger partial charge in [0, 0.05) is 19.3 Å². The van der Waals surface area contributed by atoms with E-state index < -0.39 is 10.9 Å². The van der Waals surface area contributed by atoms with Crippen LogP contribution in [0.5, 0.6) is 0 Å². The van der Waals surface area contributed by atoms with E-state index in [4.69, 9.17) is 11.6 Å². The van der Waals surface area contributed by atoms with Gasteiger partial charge in [-0.3, -0.25) is 9.59 Å². The molecule has 18 heavy (non-hydrogen) atoms. The molecule has 2 rings (SSSR count). The molecule has 0 aromatic heterocycles. The van der Waals surface area contributed by atoms with Gasteiger partial charge in [-0.05, 0) is 24.1 Å². The molecular weight excluding hydrogens is 250 g/mol. The van der Waals surface area contributed by atoms with E-state index in [1.54, 1.807) is 0 Å². The molecule has 0 heterocycles. The fourth-order valence-electron chi connectivity index (χ4n) is 1.97. The molecule has 4 heteroatoms. The predicted octanol–water partition coefficient (Wildman–Crippen LogP) is 2.45. The first-order valence-electron chi connectivity index (χ1n) is 5.86. The van der Waals surface area contributed by atoms with Crippen molar-refractivity contribution >= 4 is 17.3 Å². The van der Waals surface area contributed by atoms with E-state index in [2.05, 4.69) is 11.8 Å². The Hall–Kier alpha value is -1.61. The van der Waals surface area contributed by atoms with Crippen molar-refractivity contribution in [2.24, 2.45) is 0 Å². The zero-order chi connectivity index (χ0) is 13.3. The monoisotopic (exact) mass is 263 g/mol. The van der Waals surface area contributed by atoms with Crippen LogP contribution >= 0.6 is 11.6 Å². The molecular formula is C14H14ClNO2. The fraction of sp³-hybridized carbons (Fsp3) is 0.286. The molecule has 94 valence electrons. The molecule has 0 bridgehead atoms. The van der Waals surface area contributed by atoms with E-state index >= 15 is 0 Å². The molecule has 2 aromatic carbocycles. The lowest BCUT2D eigenvalue weighted by molar-refractivity contribution is 0.852. The number of rotatable bonds is 4. The summed E-state index contributed by atoms with van der Waals surface area (Å²) < 4.78 is 0. The normalized spacial score (nSPS) is 10.8. The maximum Gasteiger partial charge on any atom is 0.245 e. The smallest absolute Gasteiger partial charge is 0.245 e. The average molecular weight is 264 g/mol. The van der Waals surface area contributed by atoms with Gasteiger partial charge in [0.25, 0.3) is 0 Å². The summed E-state index contributed by atoms with van der Waals surface area (Å²) in [6.07, 6.45) is 1.07. The number of hydrogen-bond donors (Lipinski definition) is 0. The van der Waals surface area contributed by atoms with Crippen LogP contribution < -0.4 is 15.8 Å². The van der Waals surface area contributed by atoms with Crippen molar-refractivity contribution in [1.29, 1.82) is 0 Å². The topological polar surface area (TPSA) is 37.4 Å². The first-order chi connectivity index (χ1) is 8.56. The van der Waals surface area contributed by atoms with E-state index in [0.717, 1.165) is 18.7 Å². The van der Waals surface area contributed by atoms with Gasteiger partial charge < -0.3 is 4.90 Å². The first kappa shape index (κ1) is 12.8. The minimum atomic E-state index is -0.584. The van der Waals surface area contributed by atoms with Crippen LogP contribution in [-0.2, 0) is 0 Å². The lowest BCUT2D eigenvalue weighted by Crippen LogP contribution is -2.33. The van der Waals surface area contributed by atoms with E-state index in [1.807, 2.05) is 31.3 Å². The second-order valence-corrected chi connectivity index (χ2v) is 4.69. The Kier molecular flexibility index (Phi) is 3.53. The highest BCUT2D eigenvalue weighted by atomic mass is 35.5. The van der Waals surface area contributed by atoms with Gasteiger partial charge in [0.1, 0.15) is 5.02 Å². The number of halogens is 1. The van der Waals surface area contributed by atoms with E-state index in [-0.39, 0.29) is 5.02 Å². The summed E-state index contributed by atoms with van der Waals surface area (Å²) in [6.45, 7) is 3.09. The van der Waals surface area contributed by atoms with Crippen LogP contribution in [0.2, 0.25) is 5.02 Å². The van der Waals surface area contributed by atoms with Gasteiger partial charge in [-0.2, -0.15) is 0 Å². The summed E-state index contributed by atoms with van der Waals surface area (Å²) in [7, 11) is 2.02. The quantitative estimate of drug-likeness (QED) is 0.795. The van der Waals surface area contributed by atoms with Gasteiger partial charge in [0.2, 0.25) is 10.9 Å². The second-order valence-electron chi connectivity index (χ2n) is 4.32.